The predicted molar refractivity (Wildman–Crippen MR) is 68.0 cm³/mol. The van der Waals surface area contributed by atoms with Gasteiger partial charge in [0.25, 0.3) is 0 Å². The molecule has 1 fully saturated rings. The molecule has 0 saturated heterocycles. The molecule has 0 nitrogen and oxygen atoms in total. The molecule has 0 N–H and O–H groups in total. The summed E-state index contributed by atoms with van der Waals surface area (Å²) in [6.45, 7) is 2.34. The molecule has 1 saturated carbocycles. The van der Waals surface area contributed by atoms with E-state index < -0.39 is 0 Å². The summed E-state index contributed by atoms with van der Waals surface area (Å²) >= 11 is 5.64. The van der Waals surface area contributed by atoms with Gasteiger partial charge >= 0.3 is 0 Å². The summed E-state index contributed by atoms with van der Waals surface area (Å²) < 4.78 is 1.28. The number of thioether (sulfide) groups is 1. The first kappa shape index (κ1) is 10.6. The Balaban J connectivity index is 2.35. The van der Waals surface area contributed by atoms with Gasteiger partial charge in [-0.3, -0.25) is 0 Å². The first-order valence-corrected chi connectivity index (χ1v) is 7.06. The van der Waals surface area contributed by atoms with E-state index in [0.717, 1.165) is 5.25 Å². The summed E-state index contributed by atoms with van der Waals surface area (Å²) in [5.41, 5.74) is 1.96. The third-order valence-corrected chi connectivity index (χ3v) is 5.18. The first-order chi connectivity index (χ1) is 6.70. The van der Waals surface area contributed by atoms with Crippen molar-refractivity contribution >= 4 is 27.7 Å². The average Bonchev–Trinajstić information content (AvgIpc) is 2.98. The number of rotatable bonds is 3. The van der Waals surface area contributed by atoms with Crippen LogP contribution in [0, 0.1) is 0 Å². The van der Waals surface area contributed by atoms with Crippen LogP contribution in [0.1, 0.15) is 25.3 Å². The molecule has 1 aliphatic carbocycles. The van der Waals surface area contributed by atoms with E-state index in [0.29, 0.717) is 5.41 Å². The van der Waals surface area contributed by atoms with Gasteiger partial charge in [-0.1, -0.05) is 41.1 Å². The van der Waals surface area contributed by atoms with Crippen LogP contribution in [-0.2, 0) is 5.41 Å². The third kappa shape index (κ3) is 1.63. The van der Waals surface area contributed by atoms with Crippen molar-refractivity contribution in [3.63, 3.8) is 0 Å². The van der Waals surface area contributed by atoms with E-state index in [1.165, 1.54) is 22.9 Å². The second-order valence-corrected chi connectivity index (χ2v) is 6.05. The Labute approximate surface area is 98.6 Å². The molecule has 1 aromatic carbocycles. The van der Waals surface area contributed by atoms with Crippen molar-refractivity contribution in [2.75, 3.05) is 6.26 Å². The first-order valence-electron chi connectivity index (χ1n) is 4.98. The fourth-order valence-corrected chi connectivity index (χ4v) is 3.61. The number of halogens is 1. The largest absolute Gasteiger partial charge is 0.161 e. The minimum atomic E-state index is 0.458. The van der Waals surface area contributed by atoms with Crippen LogP contribution in [0.3, 0.4) is 0 Å². The highest BCUT2D eigenvalue weighted by atomic mass is 79.9. The molecule has 1 unspecified atom stereocenters. The lowest BCUT2D eigenvalue weighted by Crippen LogP contribution is -2.20. The van der Waals surface area contributed by atoms with E-state index in [2.05, 4.69) is 53.4 Å². The highest BCUT2D eigenvalue weighted by Crippen LogP contribution is 2.55. The van der Waals surface area contributed by atoms with Gasteiger partial charge in [-0.15, -0.1) is 0 Å². The van der Waals surface area contributed by atoms with E-state index in [9.17, 15) is 0 Å². The summed E-state index contributed by atoms with van der Waals surface area (Å²) in [5.74, 6) is 0. The van der Waals surface area contributed by atoms with Gasteiger partial charge < -0.3 is 0 Å². The zero-order valence-corrected chi connectivity index (χ0v) is 11.0. The average molecular weight is 271 g/mol. The summed E-state index contributed by atoms with van der Waals surface area (Å²) in [5, 5.41) is 0.723. The zero-order valence-electron chi connectivity index (χ0n) is 8.59. The smallest absolute Gasteiger partial charge is 0.0213 e. The minimum absolute atomic E-state index is 0.458. The topological polar surface area (TPSA) is 0 Å². The van der Waals surface area contributed by atoms with Crippen molar-refractivity contribution < 1.29 is 0 Å². The van der Waals surface area contributed by atoms with Crippen LogP contribution < -0.4 is 0 Å². The molecule has 0 bridgehead atoms. The van der Waals surface area contributed by atoms with Gasteiger partial charge in [-0.2, -0.15) is 11.8 Å². The molecule has 1 atom stereocenters. The van der Waals surface area contributed by atoms with Gasteiger partial charge in [0.15, 0.2) is 0 Å². The monoisotopic (exact) mass is 270 g/mol. The van der Waals surface area contributed by atoms with Crippen molar-refractivity contribution in [2.24, 2.45) is 0 Å². The van der Waals surface area contributed by atoms with Crippen LogP contribution in [0.25, 0.3) is 0 Å². The standard InChI is InChI=1S/C12H15BrS/c1-9(14-2)12(7-8-12)10-5-3-4-6-11(10)13/h3-6,9H,7-8H2,1-2H3. The van der Waals surface area contributed by atoms with Gasteiger partial charge in [-0.25, -0.2) is 0 Å². The van der Waals surface area contributed by atoms with E-state index in [4.69, 9.17) is 0 Å². The lowest BCUT2D eigenvalue weighted by atomic mass is 9.93. The second kappa shape index (κ2) is 3.90. The molecule has 2 heteroatoms. The van der Waals surface area contributed by atoms with Crippen LogP contribution in [-0.4, -0.2) is 11.5 Å². The Morgan fingerprint density at radius 3 is 2.50 bits per heavy atom. The van der Waals surface area contributed by atoms with Gasteiger partial charge in [-0.05, 0) is 30.7 Å². The number of hydrogen-bond acceptors (Lipinski definition) is 1. The highest BCUT2D eigenvalue weighted by molar-refractivity contribution is 9.10. The maximum absolute atomic E-state index is 3.66. The van der Waals surface area contributed by atoms with Gasteiger partial charge in [0.05, 0.1) is 0 Å². The van der Waals surface area contributed by atoms with E-state index >= 15 is 0 Å². The maximum atomic E-state index is 3.66. The number of benzene rings is 1. The van der Waals surface area contributed by atoms with Crippen molar-refractivity contribution in [2.45, 2.75) is 30.4 Å². The Bertz CT molecular complexity index is 331. The lowest BCUT2D eigenvalue weighted by molar-refractivity contribution is 0.679. The molecule has 0 radical (unpaired) electrons. The fourth-order valence-electron chi connectivity index (χ4n) is 2.12. The molecule has 14 heavy (non-hydrogen) atoms. The third-order valence-electron chi connectivity index (χ3n) is 3.33. The molecule has 0 heterocycles. The molecule has 1 aromatic rings. The molecule has 0 aromatic heterocycles. The van der Waals surface area contributed by atoms with Gasteiger partial charge in [0.1, 0.15) is 0 Å². The molecule has 76 valence electrons. The summed E-state index contributed by atoms with van der Waals surface area (Å²) in [4.78, 5) is 0. The highest BCUT2D eigenvalue weighted by Gasteiger charge is 2.49. The zero-order chi connectivity index (χ0) is 10.2. The van der Waals surface area contributed by atoms with Crippen LogP contribution in [0.15, 0.2) is 28.7 Å². The Morgan fingerprint density at radius 2 is 2.00 bits per heavy atom. The molecular weight excluding hydrogens is 256 g/mol. The SMILES string of the molecule is CSC(C)C1(c2ccccc2Br)CC1. The molecule has 0 spiro atoms. The van der Waals surface area contributed by atoms with Crippen molar-refractivity contribution in [3.8, 4) is 0 Å². The lowest BCUT2D eigenvalue weighted by Gasteiger charge is -2.23. The van der Waals surface area contributed by atoms with E-state index in [1.54, 1.807) is 0 Å². The fraction of sp³-hybridized carbons (Fsp3) is 0.500. The summed E-state index contributed by atoms with van der Waals surface area (Å²) in [6.07, 6.45) is 4.90. The van der Waals surface area contributed by atoms with Crippen molar-refractivity contribution in [3.05, 3.63) is 34.3 Å². The van der Waals surface area contributed by atoms with E-state index in [-0.39, 0.29) is 0 Å². The number of hydrogen-bond donors (Lipinski definition) is 0. The molecule has 1 aliphatic rings. The van der Waals surface area contributed by atoms with Crippen LogP contribution in [0.5, 0.6) is 0 Å². The van der Waals surface area contributed by atoms with E-state index in [1.807, 2.05) is 11.8 Å². The van der Waals surface area contributed by atoms with Crippen molar-refractivity contribution in [1.29, 1.82) is 0 Å². The minimum Gasteiger partial charge on any atom is -0.161 e. The maximum Gasteiger partial charge on any atom is 0.0213 e. The molecule has 0 aliphatic heterocycles. The van der Waals surface area contributed by atoms with Gasteiger partial charge in [0.2, 0.25) is 0 Å². The summed E-state index contributed by atoms with van der Waals surface area (Å²) in [6, 6.07) is 8.66. The Kier molecular flexibility index (Phi) is 2.94. The Hall–Kier alpha value is 0.0500. The summed E-state index contributed by atoms with van der Waals surface area (Å²) in [7, 11) is 0. The molecule has 2 rings (SSSR count). The molecule has 0 amide bonds. The van der Waals surface area contributed by atoms with Crippen LogP contribution in [0.4, 0.5) is 0 Å². The van der Waals surface area contributed by atoms with Crippen molar-refractivity contribution in [1.82, 2.24) is 0 Å². The molecular formula is C12H15BrS. The normalized spacial score (nSPS) is 20.5. The predicted octanol–water partition coefficient (Wildman–Crippen LogP) is 4.23. The van der Waals surface area contributed by atoms with Gasteiger partial charge in [0, 0.05) is 15.1 Å². The second-order valence-electron chi connectivity index (χ2n) is 4.01. The Morgan fingerprint density at radius 1 is 1.36 bits per heavy atom. The van der Waals surface area contributed by atoms with Crippen LogP contribution in [0.2, 0.25) is 0 Å². The van der Waals surface area contributed by atoms with Crippen LogP contribution >= 0.6 is 27.7 Å². The quantitative estimate of drug-likeness (QED) is 0.792.